The second-order valence-corrected chi connectivity index (χ2v) is 11.7. The van der Waals surface area contributed by atoms with Gasteiger partial charge in [0.05, 0.1) is 17.4 Å². The summed E-state index contributed by atoms with van der Waals surface area (Å²) in [4.78, 5) is 42.9. The maximum absolute atomic E-state index is 12.6. The number of aliphatic hydroxyl groups is 1. The van der Waals surface area contributed by atoms with E-state index in [1.807, 2.05) is 62.4 Å². The first-order chi connectivity index (χ1) is 24.0. The second kappa shape index (κ2) is 15.7. The number of aromatic nitrogens is 2. The molecule has 1 heterocycles. The highest BCUT2D eigenvalue weighted by Gasteiger charge is 2.18. The number of rotatable bonds is 14. The van der Waals surface area contributed by atoms with Gasteiger partial charge in [0, 0.05) is 34.9 Å². The Bertz CT molecular complexity index is 2020. The van der Waals surface area contributed by atoms with E-state index < -0.39 is 24.6 Å². The molecule has 11 nitrogen and oxygen atoms in total. The number of carboxylic acid groups (broad SMARTS) is 2. The number of aromatic amines is 1. The van der Waals surface area contributed by atoms with Crippen LogP contribution in [0.2, 0.25) is 0 Å². The Morgan fingerprint density at radius 1 is 0.880 bits per heavy atom. The maximum atomic E-state index is 12.6. The molecule has 2 atom stereocenters. The number of carbonyl (C=O) groups is 3. The van der Waals surface area contributed by atoms with Gasteiger partial charge in [-0.05, 0) is 60.9 Å². The van der Waals surface area contributed by atoms with Gasteiger partial charge in [-0.3, -0.25) is 4.79 Å². The van der Waals surface area contributed by atoms with Crippen LogP contribution in [0.5, 0.6) is 5.75 Å². The highest BCUT2D eigenvalue weighted by atomic mass is 16.5. The minimum atomic E-state index is -1.66. The van der Waals surface area contributed by atoms with E-state index in [9.17, 15) is 19.5 Å². The van der Waals surface area contributed by atoms with E-state index in [4.69, 9.17) is 25.3 Å². The van der Waals surface area contributed by atoms with E-state index in [-0.39, 0.29) is 24.1 Å². The Kier molecular flexibility index (Phi) is 11.0. The first kappa shape index (κ1) is 35.0. The van der Waals surface area contributed by atoms with Gasteiger partial charge >= 0.3 is 11.9 Å². The molecule has 5 rings (SSSR count). The normalized spacial score (nSPS) is 12.3. The highest BCUT2D eigenvalue weighted by molar-refractivity contribution is 6.00. The van der Waals surface area contributed by atoms with Gasteiger partial charge in [0.1, 0.15) is 11.6 Å². The summed E-state index contributed by atoms with van der Waals surface area (Å²) in [7, 11) is 0. The van der Waals surface area contributed by atoms with E-state index >= 15 is 0 Å². The highest BCUT2D eigenvalue weighted by Crippen LogP contribution is 2.34. The maximum Gasteiger partial charge on any atom is 0.341 e. The Morgan fingerprint density at radius 3 is 2.12 bits per heavy atom. The molecule has 1 amide bonds. The van der Waals surface area contributed by atoms with Crippen LogP contribution in [-0.2, 0) is 14.4 Å². The Balaban J connectivity index is 1.38. The Labute approximate surface area is 288 Å². The number of benzene rings is 4. The number of nitrogens with zero attached hydrogens (tertiary/aromatic N) is 1. The van der Waals surface area contributed by atoms with Gasteiger partial charge in [0.15, 0.2) is 12.7 Å². The minimum Gasteiger partial charge on any atom is -0.482 e. The molecule has 5 aromatic rings. The third-order valence-electron chi connectivity index (χ3n) is 7.95. The second-order valence-electron chi connectivity index (χ2n) is 11.7. The van der Waals surface area contributed by atoms with Gasteiger partial charge in [-0.15, -0.1) is 0 Å². The van der Waals surface area contributed by atoms with E-state index in [2.05, 4.69) is 10.3 Å². The summed E-state index contributed by atoms with van der Waals surface area (Å²) >= 11 is 0. The van der Waals surface area contributed by atoms with E-state index in [1.165, 1.54) is 6.08 Å². The molecule has 0 spiro atoms. The molecule has 0 aliphatic rings. The molecule has 254 valence electrons. The quantitative estimate of drug-likeness (QED) is 0.0588. The topological polar surface area (TPSA) is 186 Å². The average molecular weight is 673 g/mol. The van der Waals surface area contributed by atoms with Crippen molar-refractivity contribution in [3.63, 3.8) is 0 Å². The number of hydrogen-bond donors (Lipinski definition) is 6. The zero-order valence-electron chi connectivity index (χ0n) is 27.4. The molecule has 0 radical (unpaired) electrons. The van der Waals surface area contributed by atoms with Crippen molar-refractivity contribution in [1.29, 1.82) is 5.41 Å². The lowest BCUT2D eigenvalue weighted by Crippen LogP contribution is -2.24. The number of nitrogens with one attached hydrogen (secondary N) is 3. The summed E-state index contributed by atoms with van der Waals surface area (Å²) in [6.45, 7) is 3.49. The van der Waals surface area contributed by atoms with Crippen LogP contribution in [0.25, 0.3) is 40.0 Å². The molecule has 0 saturated carbocycles. The van der Waals surface area contributed by atoms with Crippen molar-refractivity contribution < 1.29 is 34.4 Å². The fraction of sp³-hybridized carbons (Fsp3) is 0.154. The lowest BCUT2D eigenvalue weighted by molar-refractivity contribution is -0.146. The van der Waals surface area contributed by atoms with E-state index in [0.717, 1.165) is 27.8 Å². The van der Waals surface area contributed by atoms with E-state index in [1.54, 1.807) is 54.6 Å². The van der Waals surface area contributed by atoms with Crippen LogP contribution in [0.3, 0.4) is 0 Å². The van der Waals surface area contributed by atoms with Crippen molar-refractivity contribution in [3.8, 4) is 39.7 Å². The molecule has 0 bridgehead atoms. The predicted molar refractivity (Wildman–Crippen MR) is 190 cm³/mol. The van der Waals surface area contributed by atoms with Crippen LogP contribution in [-0.4, -0.2) is 61.6 Å². The first-order valence-electron chi connectivity index (χ1n) is 15.8. The van der Waals surface area contributed by atoms with Crippen molar-refractivity contribution in [2.45, 2.75) is 32.4 Å². The van der Waals surface area contributed by atoms with Gasteiger partial charge in [-0.2, -0.15) is 0 Å². The van der Waals surface area contributed by atoms with Gasteiger partial charge in [0.2, 0.25) is 5.91 Å². The summed E-state index contributed by atoms with van der Waals surface area (Å²) in [6, 6.07) is 29.2. The molecule has 50 heavy (non-hydrogen) atoms. The fourth-order valence-electron chi connectivity index (χ4n) is 5.14. The van der Waals surface area contributed by atoms with Crippen molar-refractivity contribution in [1.82, 2.24) is 15.3 Å². The summed E-state index contributed by atoms with van der Waals surface area (Å²) < 4.78 is 5.29. The van der Waals surface area contributed by atoms with Crippen LogP contribution in [0.4, 0.5) is 0 Å². The molecular weight excluding hydrogens is 636 g/mol. The van der Waals surface area contributed by atoms with Crippen LogP contribution in [0, 0.1) is 12.3 Å². The number of aryl methyl sites for hydroxylation is 1. The zero-order valence-corrected chi connectivity index (χ0v) is 27.4. The van der Waals surface area contributed by atoms with E-state index in [0.29, 0.717) is 34.1 Å². The van der Waals surface area contributed by atoms with Crippen molar-refractivity contribution in [2.75, 3.05) is 6.61 Å². The minimum absolute atomic E-state index is 0.00937. The number of carbonyl (C=O) groups excluding carboxylic acids is 1. The number of aliphatic carboxylic acids is 2. The zero-order chi connectivity index (χ0) is 35.8. The van der Waals surface area contributed by atoms with Gasteiger partial charge in [0.25, 0.3) is 0 Å². The summed E-state index contributed by atoms with van der Waals surface area (Å²) in [5.41, 5.74) is 7.06. The number of ether oxygens (including phenoxy) is 1. The van der Waals surface area contributed by atoms with Gasteiger partial charge < -0.3 is 35.8 Å². The third-order valence-corrected chi connectivity index (χ3v) is 7.95. The third kappa shape index (κ3) is 8.97. The van der Waals surface area contributed by atoms with Crippen molar-refractivity contribution in [2.24, 2.45) is 0 Å². The SMILES string of the molecule is Cc1ccc(C(C)NC(=O)/C=C/c2ccc(-c3[nH]c(-c4ccc(C(=N)CC(O)C(=O)O)cc4)nc3-c3ccc(OCC(=O)O)cc3)cc2)cc1. The number of H-pyrrole nitrogens is 1. The van der Waals surface area contributed by atoms with Crippen LogP contribution >= 0.6 is 0 Å². The summed E-state index contributed by atoms with van der Waals surface area (Å²) in [5, 5.41) is 38.7. The Morgan fingerprint density at radius 2 is 1.50 bits per heavy atom. The molecule has 0 aliphatic carbocycles. The van der Waals surface area contributed by atoms with Crippen molar-refractivity contribution >= 4 is 29.6 Å². The molecule has 6 N–H and O–H groups in total. The summed E-state index contributed by atoms with van der Waals surface area (Å²) in [5.74, 6) is -1.75. The molecule has 0 saturated heterocycles. The molecule has 0 fully saturated rings. The largest absolute Gasteiger partial charge is 0.482 e. The molecule has 11 heteroatoms. The number of aliphatic hydroxyl groups excluding tert-OH is 1. The lowest BCUT2D eigenvalue weighted by Gasteiger charge is -2.13. The Hall–Kier alpha value is -6.33. The molecule has 2 unspecified atom stereocenters. The van der Waals surface area contributed by atoms with Crippen LogP contribution < -0.4 is 10.1 Å². The lowest BCUT2D eigenvalue weighted by atomic mass is 10.0. The number of imidazole rings is 1. The van der Waals surface area contributed by atoms with Crippen LogP contribution in [0.1, 0.15) is 41.6 Å². The molecule has 1 aromatic heterocycles. The smallest absolute Gasteiger partial charge is 0.341 e. The molecule has 0 aliphatic heterocycles. The molecular formula is C39H36N4O7. The summed E-state index contributed by atoms with van der Waals surface area (Å²) in [6.07, 6.45) is 1.26. The predicted octanol–water partition coefficient (Wildman–Crippen LogP) is 6.28. The standard InChI is InChI=1S/C39H36N4O7/c1-23-3-8-26(9-4-23)24(2)41-34(45)20-7-25-5-10-28(11-6-25)36-37(29-16-18-31(19-17-29)50-22-35(46)47)43-38(42-36)30-14-12-27(13-15-30)32(40)21-33(44)39(48)49/h3-20,24,33,40,44H,21-22H2,1-2H3,(H,41,45)(H,42,43)(H,46,47)(H,48,49)/b20-7+,40-32?. The number of amides is 1. The fourth-order valence-corrected chi connectivity index (χ4v) is 5.14. The number of hydrogen-bond acceptors (Lipinski definition) is 7. The van der Waals surface area contributed by atoms with Crippen molar-refractivity contribution in [3.05, 3.63) is 125 Å². The monoisotopic (exact) mass is 672 g/mol. The number of carboxylic acids is 2. The van der Waals surface area contributed by atoms with Crippen LogP contribution in [0.15, 0.2) is 103 Å². The molecule has 4 aromatic carbocycles. The van der Waals surface area contributed by atoms with Gasteiger partial charge in [-0.1, -0.05) is 78.4 Å². The average Bonchev–Trinajstić information content (AvgIpc) is 3.56. The van der Waals surface area contributed by atoms with Gasteiger partial charge in [-0.25, -0.2) is 14.6 Å². The first-order valence-corrected chi connectivity index (χ1v) is 15.8.